The quantitative estimate of drug-likeness (QED) is 0.563. The zero-order valence-electron chi connectivity index (χ0n) is 17.7. The third kappa shape index (κ3) is 6.02. The number of carbonyl (C=O) groups is 3. The third-order valence-corrected chi connectivity index (χ3v) is 4.33. The van der Waals surface area contributed by atoms with Crippen LogP contribution in [0.1, 0.15) is 51.8 Å². The Morgan fingerprint density at radius 1 is 0.645 bits per heavy atom. The molecule has 6 nitrogen and oxygen atoms in total. The van der Waals surface area contributed by atoms with E-state index in [1.54, 1.807) is 72.8 Å². The summed E-state index contributed by atoms with van der Waals surface area (Å²) in [4.78, 5) is 37.8. The lowest BCUT2D eigenvalue weighted by molar-refractivity contribution is 0.0919. The highest BCUT2D eigenvalue weighted by Crippen LogP contribution is 2.19. The van der Waals surface area contributed by atoms with E-state index in [-0.39, 0.29) is 17.7 Å². The lowest BCUT2D eigenvalue weighted by Gasteiger charge is -2.21. The Bertz CT molecular complexity index is 1100. The van der Waals surface area contributed by atoms with Crippen molar-refractivity contribution in [2.75, 3.05) is 10.6 Å². The Morgan fingerprint density at radius 2 is 1.26 bits per heavy atom. The van der Waals surface area contributed by atoms with E-state index >= 15 is 0 Å². The number of nitrogens with one attached hydrogen (secondary N) is 3. The minimum absolute atomic E-state index is 0.262. The van der Waals surface area contributed by atoms with Crippen molar-refractivity contribution in [2.24, 2.45) is 0 Å². The molecule has 3 aromatic carbocycles. The first-order chi connectivity index (χ1) is 14.7. The average molecular weight is 415 g/mol. The van der Waals surface area contributed by atoms with Gasteiger partial charge in [0.25, 0.3) is 17.7 Å². The van der Waals surface area contributed by atoms with Crippen molar-refractivity contribution in [1.82, 2.24) is 5.32 Å². The molecule has 158 valence electrons. The SMILES string of the molecule is CC(C)(C)NC(=O)c1ccccc1NC(=O)c1cccc(NC(=O)c2ccccc2)c1. The fraction of sp³-hybridized carbons (Fsp3) is 0.160. The first-order valence-electron chi connectivity index (χ1n) is 9.92. The number of anilines is 2. The van der Waals surface area contributed by atoms with Gasteiger partial charge in [0.05, 0.1) is 11.3 Å². The number of benzene rings is 3. The Kier molecular flexibility index (Phi) is 6.50. The van der Waals surface area contributed by atoms with Crippen molar-refractivity contribution in [1.29, 1.82) is 0 Å². The minimum atomic E-state index is -0.403. The standard InChI is InChI=1S/C25H25N3O3/c1-25(2,3)28-24(31)20-14-7-8-15-21(20)27-23(30)18-12-9-13-19(16-18)26-22(29)17-10-5-4-6-11-17/h4-16H,1-3H3,(H,26,29)(H,27,30)(H,28,31). The van der Waals surface area contributed by atoms with E-state index in [9.17, 15) is 14.4 Å². The Morgan fingerprint density at radius 3 is 1.97 bits per heavy atom. The molecule has 3 N–H and O–H groups in total. The van der Waals surface area contributed by atoms with Crippen LogP contribution in [0.2, 0.25) is 0 Å². The van der Waals surface area contributed by atoms with E-state index in [0.29, 0.717) is 28.1 Å². The Balaban J connectivity index is 1.75. The van der Waals surface area contributed by atoms with Crippen molar-refractivity contribution in [2.45, 2.75) is 26.3 Å². The van der Waals surface area contributed by atoms with Gasteiger partial charge in [-0.2, -0.15) is 0 Å². The molecule has 0 atom stereocenters. The number of hydrogen-bond donors (Lipinski definition) is 3. The number of carbonyl (C=O) groups excluding carboxylic acids is 3. The molecule has 0 spiro atoms. The molecule has 0 bridgehead atoms. The van der Waals surface area contributed by atoms with Gasteiger partial charge >= 0.3 is 0 Å². The van der Waals surface area contributed by atoms with Crippen molar-refractivity contribution in [3.63, 3.8) is 0 Å². The van der Waals surface area contributed by atoms with Crippen molar-refractivity contribution in [3.8, 4) is 0 Å². The smallest absolute Gasteiger partial charge is 0.255 e. The normalized spacial score (nSPS) is 10.8. The molecule has 6 heteroatoms. The summed E-state index contributed by atoms with van der Waals surface area (Å²) in [6.45, 7) is 5.67. The summed E-state index contributed by atoms with van der Waals surface area (Å²) in [6, 6.07) is 22.3. The van der Waals surface area contributed by atoms with Crippen molar-refractivity contribution >= 4 is 29.1 Å². The fourth-order valence-electron chi connectivity index (χ4n) is 2.92. The van der Waals surface area contributed by atoms with Gasteiger partial charge in [0.2, 0.25) is 0 Å². The molecule has 3 aromatic rings. The molecule has 3 amide bonds. The second-order valence-corrected chi connectivity index (χ2v) is 8.10. The molecule has 0 aromatic heterocycles. The molecule has 0 aliphatic heterocycles. The summed E-state index contributed by atoms with van der Waals surface area (Å²) in [5.74, 6) is -0.915. The molecular formula is C25H25N3O3. The van der Waals surface area contributed by atoms with E-state index in [1.165, 1.54) is 0 Å². The maximum atomic E-state index is 12.8. The van der Waals surface area contributed by atoms with Gasteiger partial charge in [-0.25, -0.2) is 0 Å². The van der Waals surface area contributed by atoms with E-state index in [1.807, 2.05) is 26.8 Å². The van der Waals surface area contributed by atoms with Gasteiger partial charge in [-0.05, 0) is 63.2 Å². The van der Waals surface area contributed by atoms with Crippen LogP contribution in [0.5, 0.6) is 0 Å². The van der Waals surface area contributed by atoms with Gasteiger partial charge in [0.1, 0.15) is 0 Å². The molecular weight excluding hydrogens is 390 g/mol. The summed E-state index contributed by atoms with van der Waals surface area (Å²) in [7, 11) is 0. The van der Waals surface area contributed by atoms with Crippen LogP contribution in [0.15, 0.2) is 78.9 Å². The van der Waals surface area contributed by atoms with Crippen LogP contribution in [-0.4, -0.2) is 23.3 Å². The van der Waals surface area contributed by atoms with Crippen LogP contribution in [0.4, 0.5) is 11.4 Å². The predicted molar refractivity (Wildman–Crippen MR) is 122 cm³/mol. The number of amides is 3. The van der Waals surface area contributed by atoms with Gasteiger partial charge in [0, 0.05) is 22.4 Å². The lowest BCUT2D eigenvalue weighted by Crippen LogP contribution is -2.40. The van der Waals surface area contributed by atoms with Gasteiger partial charge in [0.15, 0.2) is 0 Å². The van der Waals surface area contributed by atoms with Gasteiger partial charge in [-0.3, -0.25) is 14.4 Å². The highest BCUT2D eigenvalue weighted by molar-refractivity contribution is 6.10. The van der Waals surface area contributed by atoms with Crippen LogP contribution in [0.25, 0.3) is 0 Å². The molecule has 0 aliphatic carbocycles. The first kappa shape index (κ1) is 21.8. The Hall–Kier alpha value is -3.93. The second kappa shape index (κ2) is 9.26. The van der Waals surface area contributed by atoms with Crippen LogP contribution in [0, 0.1) is 0 Å². The largest absolute Gasteiger partial charge is 0.347 e. The molecule has 0 unspecified atom stereocenters. The van der Waals surface area contributed by atoms with Crippen molar-refractivity contribution < 1.29 is 14.4 Å². The molecule has 0 heterocycles. The van der Waals surface area contributed by atoms with Crippen LogP contribution in [-0.2, 0) is 0 Å². The molecule has 0 radical (unpaired) electrons. The van der Waals surface area contributed by atoms with Crippen LogP contribution in [0.3, 0.4) is 0 Å². The summed E-state index contributed by atoms with van der Waals surface area (Å²) >= 11 is 0. The highest BCUT2D eigenvalue weighted by atomic mass is 16.2. The van der Waals surface area contributed by atoms with Gasteiger partial charge < -0.3 is 16.0 Å². The molecule has 0 aliphatic rings. The van der Waals surface area contributed by atoms with Crippen molar-refractivity contribution in [3.05, 3.63) is 95.6 Å². The summed E-state index contributed by atoms with van der Waals surface area (Å²) < 4.78 is 0. The zero-order chi connectivity index (χ0) is 22.4. The fourth-order valence-corrected chi connectivity index (χ4v) is 2.92. The number of hydrogen-bond acceptors (Lipinski definition) is 3. The third-order valence-electron chi connectivity index (χ3n) is 4.33. The highest BCUT2D eigenvalue weighted by Gasteiger charge is 2.19. The maximum Gasteiger partial charge on any atom is 0.255 e. The van der Waals surface area contributed by atoms with E-state index in [0.717, 1.165) is 0 Å². The summed E-state index contributed by atoms with van der Waals surface area (Å²) in [6.07, 6.45) is 0. The van der Waals surface area contributed by atoms with E-state index in [4.69, 9.17) is 0 Å². The van der Waals surface area contributed by atoms with Crippen LogP contribution >= 0.6 is 0 Å². The number of rotatable bonds is 5. The minimum Gasteiger partial charge on any atom is -0.347 e. The number of para-hydroxylation sites is 1. The summed E-state index contributed by atoms with van der Waals surface area (Å²) in [5, 5.41) is 8.48. The monoisotopic (exact) mass is 415 g/mol. The first-order valence-corrected chi connectivity index (χ1v) is 9.92. The van der Waals surface area contributed by atoms with E-state index in [2.05, 4.69) is 16.0 Å². The topological polar surface area (TPSA) is 87.3 Å². The second-order valence-electron chi connectivity index (χ2n) is 8.10. The molecule has 0 fully saturated rings. The van der Waals surface area contributed by atoms with Crippen LogP contribution < -0.4 is 16.0 Å². The van der Waals surface area contributed by atoms with Gasteiger partial charge in [-0.1, -0.05) is 36.4 Å². The van der Waals surface area contributed by atoms with E-state index < -0.39 is 5.54 Å². The maximum absolute atomic E-state index is 12.8. The average Bonchev–Trinajstić information content (AvgIpc) is 2.73. The molecule has 0 saturated heterocycles. The Labute approximate surface area is 181 Å². The van der Waals surface area contributed by atoms with Gasteiger partial charge in [-0.15, -0.1) is 0 Å². The predicted octanol–water partition coefficient (Wildman–Crippen LogP) is 4.72. The zero-order valence-corrected chi connectivity index (χ0v) is 17.7. The molecule has 3 rings (SSSR count). The lowest BCUT2D eigenvalue weighted by atomic mass is 10.1. The summed E-state index contributed by atoms with van der Waals surface area (Å²) in [5.41, 5.74) is 1.76. The molecule has 31 heavy (non-hydrogen) atoms. The molecule has 0 saturated carbocycles.